The van der Waals surface area contributed by atoms with Crippen LogP contribution in [0.4, 0.5) is 11.4 Å². The highest BCUT2D eigenvalue weighted by Gasteiger charge is 2.05. The van der Waals surface area contributed by atoms with Crippen molar-refractivity contribution in [3.8, 4) is 0 Å². The molecule has 0 saturated carbocycles. The minimum absolute atomic E-state index is 0.468. The van der Waals surface area contributed by atoms with E-state index in [-0.39, 0.29) is 0 Å². The molecule has 1 heterocycles. The molecule has 106 valence electrons. The van der Waals surface area contributed by atoms with Crippen LogP contribution < -0.4 is 15.2 Å². The lowest BCUT2D eigenvalue weighted by atomic mass is 10.2. The van der Waals surface area contributed by atoms with Crippen molar-refractivity contribution in [3.63, 3.8) is 0 Å². The summed E-state index contributed by atoms with van der Waals surface area (Å²) in [6, 6.07) is 16.9. The molecule has 0 unspecified atom stereocenters. The molecule has 0 amide bonds. The van der Waals surface area contributed by atoms with Gasteiger partial charge in [0.15, 0.2) is 0 Å². The van der Waals surface area contributed by atoms with Crippen molar-refractivity contribution in [1.82, 2.24) is 0 Å². The van der Waals surface area contributed by atoms with E-state index in [1.165, 1.54) is 17.7 Å². The van der Waals surface area contributed by atoms with Crippen LogP contribution in [0.15, 0.2) is 54.6 Å². The summed E-state index contributed by atoms with van der Waals surface area (Å²) >= 11 is 0. The van der Waals surface area contributed by atoms with Crippen LogP contribution in [-0.2, 0) is 16.6 Å². The fraction of sp³-hybridized carbons (Fsp3) is 0.143. The molecule has 0 fully saturated rings. The molecule has 20 heavy (non-hydrogen) atoms. The van der Waals surface area contributed by atoms with Crippen molar-refractivity contribution in [1.29, 1.82) is 0 Å². The van der Waals surface area contributed by atoms with E-state index in [9.17, 15) is 8.42 Å². The van der Waals surface area contributed by atoms with Crippen LogP contribution in [-0.4, -0.2) is 15.0 Å². The Balaban J connectivity index is 0.000000149. The number of nitrogens with two attached hydrogens (primary N) is 1. The largest absolute Gasteiger partial charge is 0.384 e. The van der Waals surface area contributed by atoms with Crippen molar-refractivity contribution in [3.05, 3.63) is 60.2 Å². The van der Waals surface area contributed by atoms with Crippen LogP contribution in [0.1, 0.15) is 5.56 Å². The molecule has 2 aromatic carbocycles. The summed E-state index contributed by atoms with van der Waals surface area (Å²) in [5, 5.41) is 8.03. The first-order valence-corrected chi connectivity index (χ1v) is 7.76. The molecule has 0 radical (unpaired) electrons. The second-order valence-corrected chi connectivity index (χ2v) is 5.64. The first kappa shape index (κ1) is 14.4. The predicted octanol–water partition coefficient (Wildman–Crippen LogP) is 1.96. The van der Waals surface area contributed by atoms with E-state index in [2.05, 4.69) is 34.3 Å². The van der Waals surface area contributed by atoms with Crippen LogP contribution in [0.5, 0.6) is 0 Å². The Hall–Kier alpha value is -2.05. The van der Waals surface area contributed by atoms with Gasteiger partial charge in [0, 0.05) is 17.9 Å². The number of benzene rings is 2. The number of fused-ring (bicyclic) bond motifs is 1. The van der Waals surface area contributed by atoms with Gasteiger partial charge in [-0.05, 0) is 30.2 Å². The number of nitrogens with one attached hydrogen (secondary N) is 2. The molecule has 5 nitrogen and oxygen atoms in total. The maximum atomic E-state index is 10.5. The minimum atomic E-state index is -3.63. The van der Waals surface area contributed by atoms with Gasteiger partial charge in [-0.3, -0.25) is 4.72 Å². The van der Waals surface area contributed by atoms with Crippen LogP contribution in [0.2, 0.25) is 0 Å². The van der Waals surface area contributed by atoms with Gasteiger partial charge in [-0.2, -0.15) is 8.42 Å². The summed E-state index contributed by atoms with van der Waals surface area (Å²) < 4.78 is 23.1. The predicted molar refractivity (Wildman–Crippen MR) is 81.8 cm³/mol. The molecule has 4 N–H and O–H groups in total. The Bertz CT molecular complexity index is 634. The van der Waals surface area contributed by atoms with Gasteiger partial charge in [-0.25, -0.2) is 5.14 Å². The molecule has 0 atom stereocenters. The Morgan fingerprint density at radius 1 is 1.00 bits per heavy atom. The zero-order valence-corrected chi connectivity index (χ0v) is 11.7. The molecular weight excluding hydrogens is 274 g/mol. The summed E-state index contributed by atoms with van der Waals surface area (Å²) in [6.07, 6.45) is 1.19. The highest BCUT2D eigenvalue weighted by Crippen LogP contribution is 2.19. The second kappa shape index (κ2) is 6.40. The fourth-order valence-electron chi connectivity index (χ4n) is 1.91. The van der Waals surface area contributed by atoms with Gasteiger partial charge in [0.1, 0.15) is 0 Å². The Kier molecular flexibility index (Phi) is 4.60. The summed E-state index contributed by atoms with van der Waals surface area (Å²) in [6.45, 7) is 1.11. The van der Waals surface area contributed by atoms with Gasteiger partial charge < -0.3 is 5.32 Å². The van der Waals surface area contributed by atoms with Crippen LogP contribution >= 0.6 is 0 Å². The maximum absolute atomic E-state index is 10.5. The van der Waals surface area contributed by atoms with Crippen molar-refractivity contribution in [2.75, 3.05) is 16.6 Å². The second-order valence-electron chi connectivity index (χ2n) is 4.35. The topological polar surface area (TPSA) is 84.2 Å². The van der Waals surface area contributed by atoms with Crippen LogP contribution in [0, 0.1) is 0 Å². The van der Waals surface area contributed by atoms with Crippen molar-refractivity contribution in [2.45, 2.75) is 6.42 Å². The van der Waals surface area contributed by atoms with E-state index in [1.807, 2.05) is 0 Å². The monoisotopic (exact) mass is 291 g/mol. The normalized spacial score (nSPS) is 12.7. The molecule has 1 aliphatic heterocycles. The maximum Gasteiger partial charge on any atom is 0.296 e. The fourth-order valence-corrected chi connectivity index (χ4v) is 2.38. The summed E-state index contributed by atoms with van der Waals surface area (Å²) in [7, 11) is -3.63. The summed E-state index contributed by atoms with van der Waals surface area (Å²) in [4.78, 5) is 0. The van der Waals surface area contributed by atoms with Gasteiger partial charge >= 0.3 is 0 Å². The molecule has 0 saturated heterocycles. The molecule has 6 heteroatoms. The van der Waals surface area contributed by atoms with Gasteiger partial charge in [-0.1, -0.05) is 36.4 Å². The molecular formula is C14H17N3O2S. The van der Waals surface area contributed by atoms with E-state index in [4.69, 9.17) is 5.14 Å². The lowest BCUT2D eigenvalue weighted by Gasteiger charge is -2.00. The number of anilines is 2. The Morgan fingerprint density at radius 2 is 1.65 bits per heavy atom. The highest BCUT2D eigenvalue weighted by molar-refractivity contribution is 7.90. The molecule has 3 rings (SSSR count). The van der Waals surface area contributed by atoms with Crippen molar-refractivity contribution in [2.24, 2.45) is 5.14 Å². The smallest absolute Gasteiger partial charge is 0.296 e. The SMILES string of the molecule is NS(=O)(=O)Nc1ccccc1.c1ccc2c(c1)CCN2. The summed E-state index contributed by atoms with van der Waals surface area (Å²) in [5.74, 6) is 0. The molecule has 2 aromatic rings. The van der Waals surface area contributed by atoms with Crippen LogP contribution in [0.3, 0.4) is 0 Å². The molecule has 0 bridgehead atoms. The van der Waals surface area contributed by atoms with E-state index < -0.39 is 10.2 Å². The Labute approximate surface area is 119 Å². The zero-order valence-electron chi connectivity index (χ0n) is 10.9. The van der Waals surface area contributed by atoms with Gasteiger partial charge in [-0.15, -0.1) is 0 Å². The van der Waals surface area contributed by atoms with E-state index in [1.54, 1.807) is 30.3 Å². The lowest BCUT2D eigenvalue weighted by molar-refractivity contribution is 0.603. The number of hydrogen-bond donors (Lipinski definition) is 3. The molecule has 0 aromatic heterocycles. The first-order chi connectivity index (χ1) is 9.54. The molecule has 0 spiro atoms. The average molecular weight is 291 g/mol. The molecule has 0 aliphatic carbocycles. The standard InChI is InChI=1S/C8H9N.C6H8N2O2S/c1-2-4-8-7(3-1)5-6-9-8;7-11(9,10)8-6-4-2-1-3-5-6/h1-4,9H,5-6H2;1-5,8H,(H2,7,9,10). The third kappa shape index (κ3) is 4.56. The van der Waals surface area contributed by atoms with Gasteiger partial charge in [0.05, 0.1) is 0 Å². The zero-order chi connectivity index (χ0) is 14.4. The number of rotatable bonds is 2. The first-order valence-electron chi connectivity index (χ1n) is 6.22. The average Bonchev–Trinajstić information content (AvgIpc) is 2.87. The number of hydrogen-bond acceptors (Lipinski definition) is 3. The summed E-state index contributed by atoms with van der Waals surface area (Å²) in [5.41, 5.74) is 3.24. The Morgan fingerprint density at radius 3 is 2.30 bits per heavy atom. The van der Waals surface area contributed by atoms with Gasteiger partial charge in [0.25, 0.3) is 10.2 Å². The van der Waals surface area contributed by atoms with Crippen molar-refractivity contribution >= 4 is 21.6 Å². The minimum Gasteiger partial charge on any atom is -0.384 e. The highest BCUT2D eigenvalue weighted by atomic mass is 32.2. The molecule has 1 aliphatic rings. The quantitative estimate of drug-likeness (QED) is 0.790. The lowest BCUT2D eigenvalue weighted by Crippen LogP contribution is -2.21. The third-order valence-electron chi connectivity index (χ3n) is 2.76. The van der Waals surface area contributed by atoms with E-state index in [0.29, 0.717) is 5.69 Å². The third-order valence-corrected chi connectivity index (χ3v) is 3.28. The van der Waals surface area contributed by atoms with E-state index >= 15 is 0 Å². The van der Waals surface area contributed by atoms with E-state index in [0.717, 1.165) is 6.54 Å². The number of para-hydroxylation sites is 2. The van der Waals surface area contributed by atoms with Crippen molar-refractivity contribution < 1.29 is 8.42 Å². The van der Waals surface area contributed by atoms with Gasteiger partial charge in [0.2, 0.25) is 0 Å². The van der Waals surface area contributed by atoms with Crippen LogP contribution in [0.25, 0.3) is 0 Å².